The van der Waals surface area contributed by atoms with Crippen LogP contribution in [0.5, 0.6) is 17.2 Å². The second-order valence-corrected chi connectivity index (χ2v) is 13.2. The lowest BCUT2D eigenvalue weighted by Crippen LogP contribution is -2.14. The molecule has 1 rings (SSSR count). The fourth-order valence-corrected chi connectivity index (χ4v) is 4.58. The van der Waals surface area contributed by atoms with E-state index in [9.17, 15) is 0 Å². The third-order valence-corrected chi connectivity index (χ3v) is 7.18. The summed E-state index contributed by atoms with van der Waals surface area (Å²) < 4.78 is 19.2. The Balaban J connectivity index is 2.98. The van der Waals surface area contributed by atoms with Crippen LogP contribution in [-0.2, 0) is 0 Å². The quantitative estimate of drug-likeness (QED) is 0.149. The molecule has 38 heavy (non-hydrogen) atoms. The van der Waals surface area contributed by atoms with Crippen molar-refractivity contribution in [3.63, 3.8) is 0 Å². The predicted molar refractivity (Wildman–Crippen MR) is 164 cm³/mol. The summed E-state index contributed by atoms with van der Waals surface area (Å²) in [5.74, 6) is 8.56. The number of hydrogen-bond donors (Lipinski definition) is 0. The van der Waals surface area contributed by atoms with E-state index in [1.54, 1.807) is 0 Å². The molecule has 0 fully saturated rings. The first-order chi connectivity index (χ1) is 18.0. The minimum Gasteiger partial charge on any atom is -0.489 e. The molecule has 0 unspecified atom stereocenters. The number of rotatable bonds is 21. The molecule has 0 N–H and O–H groups in total. The van der Waals surface area contributed by atoms with Crippen molar-refractivity contribution in [3.05, 3.63) is 17.7 Å². The van der Waals surface area contributed by atoms with E-state index in [0.29, 0.717) is 54.8 Å². The van der Waals surface area contributed by atoms with Gasteiger partial charge in [-0.05, 0) is 66.9 Å². The van der Waals surface area contributed by atoms with E-state index < -0.39 is 0 Å². The Morgan fingerprint density at radius 2 is 0.895 bits per heavy atom. The van der Waals surface area contributed by atoms with Crippen molar-refractivity contribution in [1.29, 1.82) is 0 Å². The number of ether oxygens (including phenoxy) is 3. The van der Waals surface area contributed by atoms with Crippen LogP contribution < -0.4 is 14.2 Å². The normalized spacial score (nSPS) is 14.0. The zero-order chi connectivity index (χ0) is 28.5. The number of terminal acetylenes is 1. The molecule has 0 aromatic heterocycles. The third-order valence-electron chi connectivity index (χ3n) is 7.18. The predicted octanol–water partition coefficient (Wildman–Crippen LogP) is 10.2. The Hall–Kier alpha value is -1.82. The maximum atomic E-state index is 6.46. The maximum absolute atomic E-state index is 6.46. The molecule has 3 heteroatoms. The van der Waals surface area contributed by atoms with Gasteiger partial charge in [-0.2, -0.15) is 0 Å². The van der Waals surface area contributed by atoms with Crippen molar-refractivity contribution in [2.24, 2.45) is 35.5 Å². The molecule has 1 aromatic carbocycles. The van der Waals surface area contributed by atoms with E-state index in [1.807, 2.05) is 12.1 Å². The Morgan fingerprint density at radius 1 is 0.553 bits per heavy atom. The van der Waals surface area contributed by atoms with Crippen LogP contribution in [0, 0.1) is 47.9 Å². The van der Waals surface area contributed by atoms with Gasteiger partial charge in [-0.25, -0.2) is 0 Å². The van der Waals surface area contributed by atoms with E-state index >= 15 is 0 Å². The maximum Gasteiger partial charge on any atom is 0.203 e. The minimum atomic E-state index is 0.465. The molecule has 0 spiro atoms. The van der Waals surface area contributed by atoms with Gasteiger partial charge in [0, 0.05) is 5.56 Å². The molecule has 0 aliphatic rings. The molecular formula is C35H60O3. The Kier molecular flexibility index (Phi) is 17.3. The Morgan fingerprint density at radius 3 is 1.21 bits per heavy atom. The van der Waals surface area contributed by atoms with Gasteiger partial charge in [0.05, 0.1) is 19.8 Å². The highest BCUT2D eigenvalue weighted by molar-refractivity contribution is 5.57. The van der Waals surface area contributed by atoms with Crippen molar-refractivity contribution in [2.75, 3.05) is 19.8 Å². The minimum absolute atomic E-state index is 0.465. The lowest BCUT2D eigenvalue weighted by molar-refractivity contribution is 0.191. The average molecular weight is 529 g/mol. The molecule has 218 valence electrons. The Labute approximate surface area is 236 Å². The van der Waals surface area contributed by atoms with Crippen LogP contribution >= 0.6 is 0 Å². The molecule has 0 radical (unpaired) electrons. The summed E-state index contributed by atoms with van der Waals surface area (Å²) >= 11 is 0. The van der Waals surface area contributed by atoms with E-state index in [2.05, 4.69) is 68.2 Å². The van der Waals surface area contributed by atoms with Gasteiger partial charge in [-0.15, -0.1) is 6.42 Å². The number of hydrogen-bond acceptors (Lipinski definition) is 3. The first kappa shape index (κ1) is 34.2. The molecule has 0 bridgehead atoms. The molecule has 0 saturated carbocycles. The van der Waals surface area contributed by atoms with E-state index in [4.69, 9.17) is 20.6 Å². The lowest BCUT2D eigenvalue weighted by Gasteiger charge is -2.22. The van der Waals surface area contributed by atoms with Gasteiger partial charge in [0.25, 0.3) is 0 Å². The van der Waals surface area contributed by atoms with Crippen LogP contribution in [0.2, 0.25) is 0 Å². The summed E-state index contributed by atoms with van der Waals surface area (Å²) in [5.41, 5.74) is 0.771. The summed E-state index contributed by atoms with van der Waals surface area (Å²) in [5, 5.41) is 0. The highest BCUT2D eigenvalue weighted by atomic mass is 16.5. The van der Waals surface area contributed by atoms with Crippen LogP contribution in [0.1, 0.15) is 126 Å². The summed E-state index contributed by atoms with van der Waals surface area (Å²) in [6, 6.07) is 3.89. The standard InChI is InChI=1S/C35H60O3/c1-11-32-21-33(36-23-29(8)18-12-15-26(2)3)35(38-25-31(10)20-14-17-28(6)7)34(22-32)37-24-30(9)19-13-16-27(4)5/h1,21-22,26-31H,12-20,23-25H2,2-10H3/t29-,30-,31-/m0/s1. The molecule has 0 amide bonds. The second kappa shape index (κ2) is 19.3. The van der Waals surface area contributed by atoms with Gasteiger partial charge in [0.2, 0.25) is 5.75 Å². The Bertz CT molecular complexity index is 744. The van der Waals surface area contributed by atoms with Crippen molar-refractivity contribution >= 4 is 0 Å². The lowest BCUT2D eigenvalue weighted by atomic mass is 10.00. The molecule has 3 nitrogen and oxygen atoms in total. The van der Waals surface area contributed by atoms with E-state index in [0.717, 1.165) is 42.6 Å². The first-order valence-electron chi connectivity index (χ1n) is 15.5. The highest BCUT2D eigenvalue weighted by Gasteiger charge is 2.19. The summed E-state index contributed by atoms with van der Waals surface area (Å²) in [4.78, 5) is 0. The average Bonchev–Trinajstić information content (AvgIpc) is 2.84. The van der Waals surface area contributed by atoms with Crippen molar-refractivity contribution in [1.82, 2.24) is 0 Å². The smallest absolute Gasteiger partial charge is 0.203 e. The van der Waals surface area contributed by atoms with Crippen LogP contribution in [0.15, 0.2) is 12.1 Å². The zero-order valence-electron chi connectivity index (χ0n) is 26.4. The zero-order valence-corrected chi connectivity index (χ0v) is 26.4. The van der Waals surface area contributed by atoms with Crippen molar-refractivity contribution < 1.29 is 14.2 Å². The molecular weight excluding hydrogens is 468 g/mol. The molecule has 0 aliphatic carbocycles. The SMILES string of the molecule is C#Cc1cc(OC[C@@H](C)CCCC(C)C)c(OC[C@@H](C)CCCC(C)C)c(OC[C@@H](C)CCCC(C)C)c1. The highest BCUT2D eigenvalue weighted by Crippen LogP contribution is 2.40. The van der Waals surface area contributed by atoms with E-state index in [-0.39, 0.29) is 0 Å². The third kappa shape index (κ3) is 15.6. The van der Waals surface area contributed by atoms with Gasteiger partial charge >= 0.3 is 0 Å². The van der Waals surface area contributed by atoms with Crippen LogP contribution in [0.3, 0.4) is 0 Å². The summed E-state index contributed by atoms with van der Waals surface area (Å²) in [7, 11) is 0. The van der Waals surface area contributed by atoms with Gasteiger partial charge in [-0.3, -0.25) is 0 Å². The fraction of sp³-hybridized carbons (Fsp3) is 0.771. The molecule has 0 saturated heterocycles. The van der Waals surface area contributed by atoms with E-state index in [1.165, 1.54) is 38.5 Å². The summed E-state index contributed by atoms with van der Waals surface area (Å²) in [6.45, 7) is 22.5. The largest absolute Gasteiger partial charge is 0.489 e. The fourth-order valence-electron chi connectivity index (χ4n) is 4.58. The molecule has 0 heterocycles. The van der Waals surface area contributed by atoms with Crippen LogP contribution in [0.4, 0.5) is 0 Å². The monoisotopic (exact) mass is 528 g/mol. The number of benzene rings is 1. The second-order valence-electron chi connectivity index (χ2n) is 13.2. The molecule has 1 aromatic rings. The summed E-state index contributed by atoms with van der Waals surface area (Å²) in [6.07, 6.45) is 16.8. The first-order valence-corrected chi connectivity index (χ1v) is 15.5. The topological polar surface area (TPSA) is 27.7 Å². The molecule has 0 aliphatic heterocycles. The van der Waals surface area contributed by atoms with Gasteiger partial charge < -0.3 is 14.2 Å². The van der Waals surface area contributed by atoms with Crippen LogP contribution in [0.25, 0.3) is 0 Å². The van der Waals surface area contributed by atoms with Crippen molar-refractivity contribution in [3.8, 4) is 29.6 Å². The van der Waals surface area contributed by atoms with Crippen molar-refractivity contribution in [2.45, 2.75) is 120 Å². The van der Waals surface area contributed by atoms with Gasteiger partial charge in [0.1, 0.15) is 0 Å². The van der Waals surface area contributed by atoms with Gasteiger partial charge in [-0.1, -0.05) is 107 Å². The van der Waals surface area contributed by atoms with Gasteiger partial charge in [0.15, 0.2) is 11.5 Å². The van der Waals surface area contributed by atoms with Crippen LogP contribution in [-0.4, -0.2) is 19.8 Å². The molecule has 3 atom stereocenters.